The maximum absolute atomic E-state index is 11.7. The van der Waals surface area contributed by atoms with Crippen molar-refractivity contribution in [2.45, 2.75) is 31.9 Å². The lowest BCUT2D eigenvalue weighted by Gasteiger charge is -2.32. The van der Waals surface area contributed by atoms with Gasteiger partial charge in [0.1, 0.15) is 0 Å². The maximum Gasteiger partial charge on any atom is 0.317 e. The Morgan fingerprint density at radius 3 is 3.07 bits per heavy atom. The summed E-state index contributed by atoms with van der Waals surface area (Å²) in [6.45, 7) is 7.04. The van der Waals surface area contributed by atoms with Crippen molar-refractivity contribution >= 4 is 6.03 Å². The Morgan fingerprint density at radius 2 is 2.47 bits per heavy atom. The average molecular weight is 212 g/mol. The number of rotatable bonds is 3. The molecule has 0 aromatic rings. The van der Waals surface area contributed by atoms with Crippen molar-refractivity contribution in [3.8, 4) is 0 Å². The molecule has 0 aliphatic carbocycles. The number of hydrogen-bond donors (Lipinski definition) is 1. The fourth-order valence-corrected chi connectivity index (χ4v) is 1.66. The molecule has 0 bridgehead atoms. The Balaban J connectivity index is 2.41. The van der Waals surface area contributed by atoms with Gasteiger partial charge in [0.25, 0.3) is 0 Å². The SMILES string of the molecule is C=CC(C)NC(=O)N1CCCC(OC)C1. The highest BCUT2D eigenvalue weighted by atomic mass is 16.5. The molecule has 0 radical (unpaired) electrons. The first-order chi connectivity index (χ1) is 7.17. The number of nitrogens with zero attached hydrogens (tertiary/aromatic N) is 1. The van der Waals surface area contributed by atoms with E-state index in [2.05, 4.69) is 11.9 Å². The average Bonchev–Trinajstić information content (AvgIpc) is 2.28. The van der Waals surface area contributed by atoms with Gasteiger partial charge in [-0.1, -0.05) is 6.08 Å². The summed E-state index contributed by atoms with van der Waals surface area (Å²) in [6.07, 6.45) is 3.95. The van der Waals surface area contributed by atoms with Crippen LogP contribution in [0, 0.1) is 0 Å². The van der Waals surface area contributed by atoms with Crippen LogP contribution in [0.2, 0.25) is 0 Å². The topological polar surface area (TPSA) is 41.6 Å². The van der Waals surface area contributed by atoms with E-state index in [-0.39, 0.29) is 18.2 Å². The first-order valence-electron chi connectivity index (χ1n) is 5.38. The van der Waals surface area contributed by atoms with E-state index in [1.807, 2.05) is 6.92 Å². The predicted molar refractivity (Wildman–Crippen MR) is 59.8 cm³/mol. The van der Waals surface area contributed by atoms with Gasteiger partial charge in [-0.15, -0.1) is 6.58 Å². The van der Waals surface area contributed by atoms with Crippen molar-refractivity contribution in [1.82, 2.24) is 10.2 Å². The number of nitrogens with one attached hydrogen (secondary N) is 1. The Hall–Kier alpha value is -1.03. The molecule has 0 saturated carbocycles. The van der Waals surface area contributed by atoms with Gasteiger partial charge < -0.3 is 15.0 Å². The lowest BCUT2D eigenvalue weighted by Crippen LogP contribution is -2.49. The number of urea groups is 1. The van der Waals surface area contributed by atoms with Gasteiger partial charge in [0.2, 0.25) is 0 Å². The first-order valence-corrected chi connectivity index (χ1v) is 5.38. The number of carbonyl (C=O) groups is 1. The number of carbonyl (C=O) groups excluding carboxylic acids is 1. The summed E-state index contributed by atoms with van der Waals surface area (Å²) in [7, 11) is 1.69. The molecule has 1 heterocycles. The first kappa shape index (κ1) is 12.0. The largest absolute Gasteiger partial charge is 0.380 e. The zero-order valence-electron chi connectivity index (χ0n) is 9.53. The van der Waals surface area contributed by atoms with Gasteiger partial charge in [-0.05, 0) is 19.8 Å². The molecule has 2 amide bonds. The molecule has 0 aromatic heterocycles. The number of methoxy groups -OCH3 is 1. The van der Waals surface area contributed by atoms with Gasteiger partial charge in [0, 0.05) is 26.2 Å². The third-order valence-electron chi connectivity index (χ3n) is 2.70. The Labute approximate surface area is 91.3 Å². The van der Waals surface area contributed by atoms with E-state index < -0.39 is 0 Å². The molecule has 1 rings (SSSR count). The predicted octanol–water partition coefficient (Wildman–Crippen LogP) is 1.38. The standard InChI is InChI=1S/C11H20N2O2/c1-4-9(2)12-11(14)13-7-5-6-10(8-13)15-3/h4,9-10H,1,5-8H2,2-3H3,(H,12,14). The summed E-state index contributed by atoms with van der Waals surface area (Å²) in [5.74, 6) is 0. The minimum absolute atomic E-state index is 0.0143. The summed E-state index contributed by atoms with van der Waals surface area (Å²) in [6, 6.07) is -0.00966. The molecule has 1 fully saturated rings. The number of amides is 2. The van der Waals surface area contributed by atoms with Crippen LogP contribution in [0.3, 0.4) is 0 Å². The van der Waals surface area contributed by atoms with Gasteiger partial charge in [0.15, 0.2) is 0 Å². The normalized spacial score (nSPS) is 23.3. The van der Waals surface area contributed by atoms with Gasteiger partial charge in [0.05, 0.1) is 6.10 Å². The van der Waals surface area contributed by atoms with Crippen molar-refractivity contribution in [1.29, 1.82) is 0 Å². The second-order valence-electron chi connectivity index (χ2n) is 3.92. The highest BCUT2D eigenvalue weighted by Gasteiger charge is 2.23. The highest BCUT2D eigenvalue weighted by Crippen LogP contribution is 2.12. The van der Waals surface area contributed by atoms with Crippen molar-refractivity contribution in [3.05, 3.63) is 12.7 Å². The molecule has 1 saturated heterocycles. The Kier molecular flexibility index (Phi) is 4.62. The quantitative estimate of drug-likeness (QED) is 0.718. The molecule has 1 aliphatic heterocycles. The molecular weight excluding hydrogens is 192 g/mol. The fourth-order valence-electron chi connectivity index (χ4n) is 1.66. The molecular formula is C11H20N2O2. The second-order valence-corrected chi connectivity index (χ2v) is 3.92. The van der Waals surface area contributed by atoms with Crippen LogP contribution in [0.1, 0.15) is 19.8 Å². The van der Waals surface area contributed by atoms with Crippen LogP contribution in [0.4, 0.5) is 4.79 Å². The van der Waals surface area contributed by atoms with Crippen LogP contribution in [0.5, 0.6) is 0 Å². The Morgan fingerprint density at radius 1 is 1.73 bits per heavy atom. The smallest absolute Gasteiger partial charge is 0.317 e. The van der Waals surface area contributed by atoms with Crippen molar-refractivity contribution in [2.75, 3.05) is 20.2 Å². The molecule has 1 N–H and O–H groups in total. The monoisotopic (exact) mass is 212 g/mol. The van der Waals surface area contributed by atoms with Crippen LogP contribution in [0.25, 0.3) is 0 Å². The van der Waals surface area contributed by atoms with Gasteiger partial charge in [-0.25, -0.2) is 4.79 Å². The third kappa shape index (κ3) is 3.55. The van der Waals surface area contributed by atoms with Crippen LogP contribution in [0.15, 0.2) is 12.7 Å². The summed E-state index contributed by atoms with van der Waals surface area (Å²) in [5.41, 5.74) is 0. The van der Waals surface area contributed by atoms with Crippen molar-refractivity contribution in [3.63, 3.8) is 0 Å². The highest BCUT2D eigenvalue weighted by molar-refractivity contribution is 5.74. The molecule has 15 heavy (non-hydrogen) atoms. The molecule has 4 heteroatoms. The van der Waals surface area contributed by atoms with Crippen LogP contribution >= 0.6 is 0 Å². The van der Waals surface area contributed by atoms with Gasteiger partial charge in [-0.3, -0.25) is 0 Å². The van der Waals surface area contributed by atoms with E-state index in [1.54, 1.807) is 18.1 Å². The third-order valence-corrected chi connectivity index (χ3v) is 2.70. The van der Waals surface area contributed by atoms with E-state index in [4.69, 9.17) is 4.74 Å². The second kappa shape index (κ2) is 5.75. The summed E-state index contributed by atoms with van der Waals surface area (Å²) in [5, 5.41) is 2.86. The number of piperidine rings is 1. The molecule has 2 atom stereocenters. The molecule has 0 spiro atoms. The van der Waals surface area contributed by atoms with Gasteiger partial charge >= 0.3 is 6.03 Å². The lowest BCUT2D eigenvalue weighted by molar-refractivity contribution is 0.0433. The van der Waals surface area contributed by atoms with Crippen LogP contribution in [-0.4, -0.2) is 43.3 Å². The summed E-state index contributed by atoms with van der Waals surface area (Å²) in [4.78, 5) is 13.5. The van der Waals surface area contributed by atoms with Crippen molar-refractivity contribution < 1.29 is 9.53 Å². The maximum atomic E-state index is 11.7. The van der Waals surface area contributed by atoms with Crippen LogP contribution < -0.4 is 5.32 Å². The fraction of sp³-hybridized carbons (Fsp3) is 0.727. The summed E-state index contributed by atoms with van der Waals surface area (Å²) >= 11 is 0. The summed E-state index contributed by atoms with van der Waals surface area (Å²) < 4.78 is 5.26. The zero-order valence-corrected chi connectivity index (χ0v) is 9.53. The Bertz CT molecular complexity index is 231. The number of likely N-dealkylation sites (tertiary alicyclic amines) is 1. The lowest BCUT2D eigenvalue weighted by atomic mass is 10.1. The van der Waals surface area contributed by atoms with E-state index in [0.717, 1.165) is 19.4 Å². The van der Waals surface area contributed by atoms with E-state index in [9.17, 15) is 4.79 Å². The number of hydrogen-bond acceptors (Lipinski definition) is 2. The molecule has 1 aliphatic rings. The molecule has 4 nitrogen and oxygen atoms in total. The van der Waals surface area contributed by atoms with Crippen LogP contribution in [-0.2, 0) is 4.74 Å². The molecule has 86 valence electrons. The molecule has 2 unspecified atom stereocenters. The van der Waals surface area contributed by atoms with Crippen molar-refractivity contribution in [2.24, 2.45) is 0 Å². The van der Waals surface area contributed by atoms with E-state index in [0.29, 0.717) is 6.54 Å². The minimum atomic E-state index is -0.0239. The van der Waals surface area contributed by atoms with E-state index in [1.165, 1.54) is 0 Å². The van der Waals surface area contributed by atoms with Gasteiger partial charge in [-0.2, -0.15) is 0 Å². The zero-order chi connectivity index (χ0) is 11.3. The minimum Gasteiger partial charge on any atom is -0.380 e. The number of ether oxygens (including phenoxy) is 1. The van der Waals surface area contributed by atoms with E-state index >= 15 is 0 Å². The molecule has 0 aromatic carbocycles.